The van der Waals surface area contributed by atoms with Crippen LogP contribution in [0, 0.1) is 5.41 Å². The summed E-state index contributed by atoms with van der Waals surface area (Å²) < 4.78 is 0. The van der Waals surface area contributed by atoms with Gasteiger partial charge in [0.05, 0.1) is 12.5 Å². The molecular formula is C18H31N3O5S. The molecule has 1 aliphatic rings. The van der Waals surface area contributed by atoms with Crippen molar-refractivity contribution in [3.63, 3.8) is 0 Å². The zero-order valence-electron chi connectivity index (χ0n) is 16.1. The number of aliphatic carboxylic acids is 1. The number of carbonyl (C=O) groups is 4. The second-order valence-corrected chi connectivity index (χ2v) is 8.49. The van der Waals surface area contributed by atoms with E-state index in [0.717, 1.165) is 32.1 Å². The van der Waals surface area contributed by atoms with Crippen molar-refractivity contribution in [1.29, 1.82) is 0 Å². The Morgan fingerprint density at radius 1 is 1.15 bits per heavy atom. The van der Waals surface area contributed by atoms with Crippen molar-refractivity contribution in [2.75, 3.05) is 12.0 Å². The van der Waals surface area contributed by atoms with Gasteiger partial charge in [-0.15, -0.1) is 0 Å². The van der Waals surface area contributed by atoms with Gasteiger partial charge < -0.3 is 16.2 Å². The molecule has 0 aromatic rings. The van der Waals surface area contributed by atoms with Gasteiger partial charge >= 0.3 is 5.97 Å². The molecule has 0 aromatic carbocycles. The molecule has 0 heterocycles. The molecule has 0 spiro atoms. The normalized spacial score (nSPS) is 18.2. The quantitative estimate of drug-likeness (QED) is 0.429. The molecule has 154 valence electrons. The van der Waals surface area contributed by atoms with Gasteiger partial charge in [-0.1, -0.05) is 26.2 Å². The molecule has 1 rings (SSSR count). The summed E-state index contributed by atoms with van der Waals surface area (Å²) in [6.45, 7) is 2.03. The molecule has 27 heavy (non-hydrogen) atoms. The summed E-state index contributed by atoms with van der Waals surface area (Å²) in [4.78, 5) is 47.7. The molecule has 0 unspecified atom stereocenters. The van der Waals surface area contributed by atoms with Gasteiger partial charge in [-0.2, -0.15) is 11.8 Å². The molecule has 0 saturated heterocycles. The first-order valence-corrected chi connectivity index (χ1v) is 10.7. The van der Waals surface area contributed by atoms with E-state index in [1.54, 1.807) is 0 Å². The SMILES string of the molecule is CSCC[C@H](N)C(=O)N[C@@H](CC(=O)O)C(=O)NC(=O)CC1(C)CCCCC1. The Morgan fingerprint density at radius 2 is 1.78 bits per heavy atom. The van der Waals surface area contributed by atoms with Crippen molar-refractivity contribution in [3.05, 3.63) is 0 Å². The highest BCUT2D eigenvalue weighted by atomic mass is 32.2. The monoisotopic (exact) mass is 401 g/mol. The molecule has 1 fully saturated rings. The number of hydrogen-bond acceptors (Lipinski definition) is 6. The molecule has 0 aliphatic heterocycles. The van der Waals surface area contributed by atoms with E-state index in [1.807, 2.05) is 13.2 Å². The van der Waals surface area contributed by atoms with Crippen molar-refractivity contribution in [1.82, 2.24) is 10.6 Å². The average molecular weight is 402 g/mol. The predicted molar refractivity (Wildman–Crippen MR) is 104 cm³/mol. The van der Waals surface area contributed by atoms with Crippen LogP contribution >= 0.6 is 11.8 Å². The average Bonchev–Trinajstić information content (AvgIpc) is 2.58. The van der Waals surface area contributed by atoms with Gasteiger partial charge in [-0.3, -0.25) is 24.5 Å². The van der Waals surface area contributed by atoms with Gasteiger partial charge in [0.15, 0.2) is 0 Å². The topological polar surface area (TPSA) is 139 Å². The van der Waals surface area contributed by atoms with Crippen molar-refractivity contribution >= 4 is 35.5 Å². The van der Waals surface area contributed by atoms with E-state index >= 15 is 0 Å². The van der Waals surface area contributed by atoms with Crippen LogP contribution in [0.15, 0.2) is 0 Å². The maximum absolute atomic E-state index is 12.4. The minimum Gasteiger partial charge on any atom is -0.481 e. The largest absolute Gasteiger partial charge is 0.481 e. The molecule has 2 atom stereocenters. The fraction of sp³-hybridized carbons (Fsp3) is 0.778. The first kappa shape index (κ1) is 23.4. The smallest absolute Gasteiger partial charge is 0.305 e. The summed E-state index contributed by atoms with van der Waals surface area (Å²) in [5.74, 6) is -2.44. The van der Waals surface area contributed by atoms with Gasteiger partial charge in [-0.25, -0.2) is 0 Å². The van der Waals surface area contributed by atoms with Gasteiger partial charge in [0, 0.05) is 6.42 Å². The Balaban J connectivity index is 2.64. The molecule has 0 radical (unpaired) electrons. The van der Waals surface area contributed by atoms with Crippen LogP contribution in [0.2, 0.25) is 0 Å². The second-order valence-electron chi connectivity index (χ2n) is 7.51. The lowest BCUT2D eigenvalue weighted by Gasteiger charge is -2.32. The molecule has 8 nitrogen and oxygen atoms in total. The van der Waals surface area contributed by atoms with Crippen molar-refractivity contribution in [3.8, 4) is 0 Å². The minimum absolute atomic E-state index is 0.145. The number of carboxylic acids is 1. The number of carbonyl (C=O) groups excluding carboxylic acids is 3. The highest BCUT2D eigenvalue weighted by molar-refractivity contribution is 7.98. The second kappa shape index (κ2) is 11.3. The van der Waals surface area contributed by atoms with Crippen LogP contribution in [0.25, 0.3) is 0 Å². The van der Waals surface area contributed by atoms with Gasteiger partial charge in [0.1, 0.15) is 6.04 Å². The van der Waals surface area contributed by atoms with Crippen molar-refractivity contribution in [2.24, 2.45) is 11.1 Å². The Morgan fingerprint density at radius 3 is 2.33 bits per heavy atom. The Hall–Kier alpha value is -1.61. The number of amides is 3. The Kier molecular flexibility index (Phi) is 9.79. The fourth-order valence-corrected chi connectivity index (χ4v) is 3.77. The summed E-state index contributed by atoms with van der Waals surface area (Å²) in [6, 6.07) is -2.17. The van der Waals surface area contributed by atoms with E-state index < -0.39 is 42.2 Å². The molecule has 5 N–H and O–H groups in total. The number of carboxylic acid groups (broad SMARTS) is 1. The third-order valence-electron chi connectivity index (χ3n) is 4.89. The van der Waals surface area contributed by atoms with E-state index in [9.17, 15) is 19.2 Å². The third-order valence-corrected chi connectivity index (χ3v) is 5.54. The lowest BCUT2D eigenvalue weighted by molar-refractivity contribution is -0.142. The molecule has 3 amide bonds. The molecule has 0 bridgehead atoms. The van der Waals surface area contributed by atoms with E-state index in [2.05, 4.69) is 10.6 Å². The van der Waals surface area contributed by atoms with Gasteiger partial charge in [0.25, 0.3) is 0 Å². The van der Waals surface area contributed by atoms with E-state index in [-0.39, 0.29) is 11.8 Å². The predicted octanol–water partition coefficient (Wildman–Crippen LogP) is 1.03. The Labute approximate surface area is 164 Å². The number of hydrogen-bond donors (Lipinski definition) is 4. The molecule has 1 saturated carbocycles. The van der Waals surface area contributed by atoms with Crippen LogP contribution in [-0.2, 0) is 19.2 Å². The Bertz CT molecular complexity index is 549. The first-order chi connectivity index (χ1) is 12.7. The van der Waals surface area contributed by atoms with E-state index in [1.165, 1.54) is 11.8 Å². The molecule has 9 heteroatoms. The standard InChI is InChI=1S/C18H31N3O5S/c1-18(7-4-3-5-8-18)11-14(22)21-17(26)13(10-15(23)24)20-16(25)12(19)6-9-27-2/h12-13H,3-11,19H2,1-2H3,(H,20,25)(H,23,24)(H,21,22,26)/t12-,13-/m0/s1. The summed E-state index contributed by atoms with van der Waals surface area (Å²) in [7, 11) is 0. The minimum atomic E-state index is -1.33. The van der Waals surface area contributed by atoms with Crippen LogP contribution in [0.5, 0.6) is 0 Å². The number of nitrogens with one attached hydrogen (secondary N) is 2. The van der Waals surface area contributed by atoms with E-state index in [0.29, 0.717) is 12.2 Å². The summed E-state index contributed by atoms with van der Waals surface area (Å²) >= 11 is 1.53. The van der Waals surface area contributed by atoms with Gasteiger partial charge in [0.2, 0.25) is 17.7 Å². The molecule has 0 aromatic heterocycles. The van der Waals surface area contributed by atoms with Crippen LogP contribution in [0.1, 0.15) is 58.3 Å². The highest BCUT2D eigenvalue weighted by Crippen LogP contribution is 2.38. The number of nitrogens with two attached hydrogens (primary N) is 1. The fourth-order valence-electron chi connectivity index (χ4n) is 3.28. The van der Waals surface area contributed by atoms with Gasteiger partial charge in [-0.05, 0) is 36.7 Å². The summed E-state index contributed by atoms with van der Waals surface area (Å²) in [6.07, 6.45) is 7.00. The lowest BCUT2D eigenvalue weighted by atomic mass is 9.73. The summed E-state index contributed by atoms with van der Waals surface area (Å²) in [5.41, 5.74) is 5.61. The third kappa shape index (κ3) is 8.75. The summed E-state index contributed by atoms with van der Waals surface area (Å²) in [5, 5.41) is 13.6. The zero-order valence-corrected chi connectivity index (χ0v) is 16.9. The van der Waals surface area contributed by atoms with Crippen molar-refractivity contribution in [2.45, 2.75) is 70.4 Å². The van der Waals surface area contributed by atoms with E-state index in [4.69, 9.17) is 10.8 Å². The molecule has 1 aliphatic carbocycles. The van der Waals surface area contributed by atoms with Crippen LogP contribution in [0.4, 0.5) is 0 Å². The maximum atomic E-state index is 12.4. The van der Waals surface area contributed by atoms with Crippen LogP contribution < -0.4 is 16.4 Å². The lowest BCUT2D eigenvalue weighted by Crippen LogP contribution is -2.53. The number of imide groups is 1. The first-order valence-electron chi connectivity index (χ1n) is 9.27. The highest BCUT2D eigenvalue weighted by Gasteiger charge is 2.32. The van der Waals surface area contributed by atoms with Crippen LogP contribution in [0.3, 0.4) is 0 Å². The molecular weight excluding hydrogens is 370 g/mol. The van der Waals surface area contributed by atoms with Crippen molar-refractivity contribution < 1.29 is 24.3 Å². The number of thioether (sulfide) groups is 1. The maximum Gasteiger partial charge on any atom is 0.305 e. The zero-order chi connectivity index (χ0) is 20.4. The van der Waals surface area contributed by atoms with Crippen LogP contribution in [-0.4, -0.2) is 52.9 Å². The number of rotatable bonds is 10.